The second-order valence-electron chi connectivity index (χ2n) is 10.1. The number of imide groups is 1. The first-order valence-corrected chi connectivity index (χ1v) is 12.4. The van der Waals surface area contributed by atoms with Crippen LogP contribution in [0.1, 0.15) is 38.2 Å². The van der Waals surface area contributed by atoms with Crippen molar-refractivity contribution in [1.82, 2.24) is 0 Å². The SMILES string of the molecule is COc1cccc(N2C[C@H](C(=O)Oc3ccc(N4C(=O)[C@H]5C[C@H](C)CC[C@H]5C4=O)c(C)c3)CC2=O)c1. The predicted octanol–water partition coefficient (Wildman–Crippen LogP) is 3.89. The molecule has 4 atom stereocenters. The van der Waals surface area contributed by atoms with Gasteiger partial charge in [-0.25, -0.2) is 4.90 Å². The van der Waals surface area contributed by atoms with Crippen LogP contribution in [-0.4, -0.2) is 37.3 Å². The lowest BCUT2D eigenvalue weighted by molar-refractivity contribution is -0.139. The van der Waals surface area contributed by atoms with Crippen molar-refractivity contribution in [2.75, 3.05) is 23.5 Å². The predicted molar refractivity (Wildman–Crippen MR) is 133 cm³/mol. The van der Waals surface area contributed by atoms with E-state index < -0.39 is 11.9 Å². The van der Waals surface area contributed by atoms with Crippen LogP contribution in [0.15, 0.2) is 42.5 Å². The molecular formula is C28H30N2O6. The van der Waals surface area contributed by atoms with Crippen molar-refractivity contribution in [3.05, 3.63) is 48.0 Å². The van der Waals surface area contributed by atoms with Gasteiger partial charge in [0.2, 0.25) is 17.7 Å². The molecule has 2 aliphatic heterocycles. The smallest absolute Gasteiger partial charge is 0.316 e. The third kappa shape index (κ3) is 4.25. The van der Waals surface area contributed by atoms with E-state index in [1.54, 1.807) is 61.4 Å². The highest BCUT2D eigenvalue weighted by atomic mass is 16.5. The van der Waals surface area contributed by atoms with Crippen LogP contribution in [0, 0.1) is 30.6 Å². The lowest BCUT2D eigenvalue weighted by atomic mass is 9.76. The molecule has 3 aliphatic rings. The number of esters is 1. The Kier molecular flexibility index (Phi) is 6.28. The average molecular weight is 491 g/mol. The van der Waals surface area contributed by atoms with Gasteiger partial charge in [-0.05, 0) is 68.0 Å². The maximum Gasteiger partial charge on any atom is 0.316 e. The molecule has 188 valence electrons. The first-order chi connectivity index (χ1) is 17.3. The molecule has 2 aromatic rings. The number of hydrogen-bond acceptors (Lipinski definition) is 6. The average Bonchev–Trinajstić information content (AvgIpc) is 3.37. The number of amides is 3. The number of fused-ring (bicyclic) bond motifs is 1. The van der Waals surface area contributed by atoms with Crippen molar-refractivity contribution < 1.29 is 28.7 Å². The highest BCUT2D eigenvalue weighted by molar-refractivity contribution is 6.22. The van der Waals surface area contributed by atoms with Crippen molar-refractivity contribution in [2.45, 2.75) is 39.5 Å². The first kappa shape index (κ1) is 24.0. The summed E-state index contributed by atoms with van der Waals surface area (Å²) >= 11 is 0. The number of nitrogens with zero attached hydrogens (tertiary/aromatic N) is 2. The Hall–Kier alpha value is -3.68. The topological polar surface area (TPSA) is 93.2 Å². The molecule has 36 heavy (non-hydrogen) atoms. The van der Waals surface area contributed by atoms with E-state index in [-0.39, 0.29) is 42.5 Å². The summed E-state index contributed by atoms with van der Waals surface area (Å²) in [5, 5.41) is 0. The van der Waals surface area contributed by atoms with Crippen LogP contribution in [0.4, 0.5) is 11.4 Å². The summed E-state index contributed by atoms with van der Waals surface area (Å²) in [7, 11) is 1.56. The number of aryl methyl sites for hydroxylation is 1. The van der Waals surface area contributed by atoms with Crippen molar-refractivity contribution in [1.29, 1.82) is 0 Å². The fourth-order valence-corrected chi connectivity index (χ4v) is 5.66. The summed E-state index contributed by atoms with van der Waals surface area (Å²) in [5.41, 5.74) is 1.88. The van der Waals surface area contributed by atoms with E-state index in [0.29, 0.717) is 34.4 Å². The van der Waals surface area contributed by atoms with Gasteiger partial charge in [0, 0.05) is 24.7 Å². The van der Waals surface area contributed by atoms with Gasteiger partial charge in [-0.1, -0.05) is 13.0 Å². The number of carbonyl (C=O) groups excluding carboxylic acids is 4. The Labute approximate surface area is 210 Å². The van der Waals surface area contributed by atoms with Gasteiger partial charge >= 0.3 is 5.97 Å². The van der Waals surface area contributed by atoms with Crippen LogP contribution in [0.2, 0.25) is 0 Å². The molecule has 0 bridgehead atoms. The molecule has 0 N–H and O–H groups in total. The molecule has 0 radical (unpaired) electrons. The summed E-state index contributed by atoms with van der Waals surface area (Å²) in [4.78, 5) is 54.5. The van der Waals surface area contributed by atoms with Crippen LogP contribution < -0.4 is 19.3 Å². The van der Waals surface area contributed by atoms with Gasteiger partial charge in [-0.15, -0.1) is 0 Å². The molecule has 0 aromatic heterocycles. The van der Waals surface area contributed by atoms with Crippen LogP contribution in [-0.2, 0) is 19.2 Å². The molecule has 8 nitrogen and oxygen atoms in total. The van der Waals surface area contributed by atoms with Gasteiger partial charge in [0.25, 0.3) is 0 Å². The number of hydrogen-bond donors (Lipinski definition) is 0. The molecule has 3 fully saturated rings. The fourth-order valence-electron chi connectivity index (χ4n) is 5.66. The van der Waals surface area contributed by atoms with Gasteiger partial charge < -0.3 is 14.4 Å². The van der Waals surface area contributed by atoms with Crippen LogP contribution in [0.5, 0.6) is 11.5 Å². The Morgan fingerprint density at radius 2 is 1.75 bits per heavy atom. The number of rotatable bonds is 5. The molecule has 0 spiro atoms. The van der Waals surface area contributed by atoms with E-state index >= 15 is 0 Å². The molecule has 2 saturated heterocycles. The molecule has 3 amide bonds. The highest BCUT2D eigenvalue weighted by Crippen LogP contribution is 2.43. The minimum Gasteiger partial charge on any atom is -0.497 e. The van der Waals surface area contributed by atoms with E-state index in [2.05, 4.69) is 6.92 Å². The highest BCUT2D eigenvalue weighted by Gasteiger charge is 2.50. The Bertz CT molecular complexity index is 1240. The van der Waals surface area contributed by atoms with Crippen molar-refractivity contribution in [2.24, 2.45) is 23.7 Å². The minimum absolute atomic E-state index is 0.0606. The molecular weight excluding hydrogens is 460 g/mol. The Balaban J connectivity index is 1.27. The van der Waals surface area contributed by atoms with Gasteiger partial charge in [-0.2, -0.15) is 0 Å². The standard InChI is InChI=1S/C28H30N2O6/c1-16-7-9-22-23(11-16)27(33)30(26(22)32)24-10-8-21(12-17(24)2)36-28(34)18-13-25(31)29(15-18)19-5-4-6-20(14-19)35-3/h4-6,8,10,12,14,16,18,22-23H,7,9,11,13,15H2,1-3H3/t16-,18-,22-,23+/m1/s1. The lowest BCUT2D eigenvalue weighted by Crippen LogP contribution is -2.31. The lowest BCUT2D eigenvalue weighted by Gasteiger charge is -2.25. The summed E-state index contributed by atoms with van der Waals surface area (Å²) in [5.74, 6) is -0.609. The maximum absolute atomic E-state index is 13.1. The van der Waals surface area contributed by atoms with Crippen molar-refractivity contribution in [3.8, 4) is 11.5 Å². The van der Waals surface area contributed by atoms with E-state index in [1.807, 2.05) is 0 Å². The first-order valence-electron chi connectivity index (χ1n) is 12.4. The van der Waals surface area contributed by atoms with E-state index in [9.17, 15) is 19.2 Å². The molecule has 2 aromatic carbocycles. The zero-order valence-corrected chi connectivity index (χ0v) is 20.7. The number of anilines is 2. The van der Waals surface area contributed by atoms with Crippen LogP contribution in [0.25, 0.3) is 0 Å². The Morgan fingerprint density at radius 1 is 0.972 bits per heavy atom. The quantitative estimate of drug-likeness (QED) is 0.359. The summed E-state index contributed by atoms with van der Waals surface area (Å²) in [6.07, 6.45) is 2.51. The number of carbonyl (C=O) groups is 4. The number of ether oxygens (including phenoxy) is 2. The normalized spacial score (nSPS) is 25.8. The largest absolute Gasteiger partial charge is 0.497 e. The van der Waals surface area contributed by atoms with E-state index in [4.69, 9.17) is 9.47 Å². The van der Waals surface area contributed by atoms with Gasteiger partial charge in [-0.3, -0.25) is 19.2 Å². The van der Waals surface area contributed by atoms with Crippen molar-refractivity contribution in [3.63, 3.8) is 0 Å². The maximum atomic E-state index is 13.1. The summed E-state index contributed by atoms with van der Waals surface area (Å²) in [6.45, 7) is 4.14. The monoisotopic (exact) mass is 490 g/mol. The van der Waals surface area contributed by atoms with Crippen LogP contribution >= 0.6 is 0 Å². The van der Waals surface area contributed by atoms with Crippen molar-refractivity contribution >= 4 is 35.1 Å². The Morgan fingerprint density at radius 3 is 2.50 bits per heavy atom. The third-order valence-corrected chi connectivity index (χ3v) is 7.64. The fraction of sp³-hybridized carbons (Fsp3) is 0.429. The van der Waals surface area contributed by atoms with Gasteiger partial charge in [0.05, 0.1) is 30.6 Å². The molecule has 1 saturated carbocycles. The summed E-state index contributed by atoms with van der Waals surface area (Å²) < 4.78 is 10.8. The second kappa shape index (κ2) is 9.41. The molecule has 0 unspecified atom stereocenters. The summed E-state index contributed by atoms with van der Waals surface area (Å²) in [6, 6.07) is 12.1. The zero-order valence-electron chi connectivity index (χ0n) is 20.7. The number of benzene rings is 2. The molecule has 1 aliphatic carbocycles. The molecule has 5 rings (SSSR count). The van der Waals surface area contributed by atoms with Crippen LogP contribution in [0.3, 0.4) is 0 Å². The zero-order chi connectivity index (χ0) is 25.6. The van der Waals surface area contributed by atoms with E-state index in [0.717, 1.165) is 19.3 Å². The molecule has 8 heteroatoms. The third-order valence-electron chi connectivity index (χ3n) is 7.64. The van der Waals surface area contributed by atoms with Gasteiger partial charge in [0.1, 0.15) is 11.5 Å². The number of methoxy groups -OCH3 is 1. The van der Waals surface area contributed by atoms with E-state index in [1.165, 1.54) is 4.90 Å². The molecule has 2 heterocycles. The minimum atomic E-state index is -0.601. The van der Waals surface area contributed by atoms with Gasteiger partial charge in [0.15, 0.2) is 0 Å². The second-order valence-corrected chi connectivity index (χ2v) is 10.1.